The quantitative estimate of drug-likeness (QED) is 0.186. The third-order valence-corrected chi connectivity index (χ3v) is 1.18. The number of rotatable bonds is 6. The first-order chi connectivity index (χ1) is 7.13. The van der Waals surface area contributed by atoms with E-state index in [0.29, 0.717) is 0 Å². The maximum Gasteiger partial charge on any atom is 0.211 e. The van der Waals surface area contributed by atoms with E-state index in [4.69, 9.17) is 22.9 Å². The second-order valence-electron chi connectivity index (χ2n) is 2.58. The van der Waals surface area contributed by atoms with Gasteiger partial charge in [0.2, 0.25) is 11.9 Å². The molecule has 0 aliphatic heterocycles. The van der Waals surface area contributed by atoms with Crippen molar-refractivity contribution in [3.8, 4) is 0 Å². The minimum atomic E-state index is -0.0550. The molecule has 15 heavy (non-hydrogen) atoms. The fraction of sp³-hybridized carbons (Fsp3) is 0.429. The lowest BCUT2D eigenvalue weighted by molar-refractivity contribution is 0.934. The second-order valence-corrected chi connectivity index (χ2v) is 2.58. The summed E-state index contributed by atoms with van der Waals surface area (Å²) in [5, 5.41) is 14.1. The van der Waals surface area contributed by atoms with Gasteiger partial charge in [0.25, 0.3) is 0 Å². The molecule has 0 aromatic rings. The van der Waals surface area contributed by atoms with E-state index in [1.165, 1.54) is 0 Å². The van der Waals surface area contributed by atoms with Gasteiger partial charge in [0.15, 0.2) is 0 Å². The molecule has 0 atom stereocenters. The minimum absolute atomic E-state index is 0.0550. The van der Waals surface area contributed by atoms with Crippen LogP contribution in [-0.4, -0.2) is 24.3 Å². The number of unbranched alkanes of at least 4 members (excludes halogenated alkanes) is 2. The van der Waals surface area contributed by atoms with Crippen molar-refractivity contribution >= 4 is 24.3 Å². The Morgan fingerprint density at radius 1 is 0.800 bits per heavy atom. The van der Waals surface area contributed by atoms with Crippen LogP contribution in [-0.2, 0) is 0 Å². The zero-order valence-electron chi connectivity index (χ0n) is 8.37. The Balaban J connectivity index is 3.48. The van der Waals surface area contributed by atoms with Crippen molar-refractivity contribution in [2.75, 3.05) is 0 Å². The lowest BCUT2D eigenvalue weighted by Crippen LogP contribution is -2.21. The fourth-order valence-electron chi connectivity index (χ4n) is 0.631. The summed E-state index contributed by atoms with van der Waals surface area (Å²) in [6, 6.07) is 0. The van der Waals surface area contributed by atoms with Gasteiger partial charge in [-0.2, -0.15) is 10.2 Å². The van der Waals surface area contributed by atoms with Crippen molar-refractivity contribution in [1.29, 1.82) is 0 Å². The summed E-state index contributed by atoms with van der Waals surface area (Å²) < 4.78 is 0. The van der Waals surface area contributed by atoms with E-state index in [1.54, 1.807) is 12.4 Å². The van der Waals surface area contributed by atoms with Crippen molar-refractivity contribution in [3.63, 3.8) is 0 Å². The Morgan fingerprint density at radius 2 is 1.20 bits per heavy atom. The summed E-state index contributed by atoms with van der Waals surface area (Å²) in [6.07, 6.45) is 5.62. The highest BCUT2D eigenvalue weighted by molar-refractivity contribution is 5.76. The molecule has 8 N–H and O–H groups in total. The molecule has 0 amide bonds. The Bertz CT molecular complexity index is 241. The summed E-state index contributed by atoms with van der Waals surface area (Å²) in [5.41, 5.74) is 20.2. The van der Waals surface area contributed by atoms with Crippen LogP contribution < -0.4 is 22.9 Å². The van der Waals surface area contributed by atoms with Crippen molar-refractivity contribution in [3.05, 3.63) is 0 Å². The van der Waals surface area contributed by atoms with Gasteiger partial charge in [-0.25, -0.2) is 0 Å². The summed E-state index contributed by atoms with van der Waals surface area (Å²) in [4.78, 5) is 0. The topological polar surface area (TPSA) is 154 Å². The highest BCUT2D eigenvalue weighted by atomic mass is 15.3. The zero-order chi connectivity index (χ0) is 11.5. The molecule has 0 unspecified atom stereocenters. The summed E-state index contributed by atoms with van der Waals surface area (Å²) in [5.74, 6) is -0.110. The van der Waals surface area contributed by atoms with E-state index in [9.17, 15) is 0 Å². The van der Waals surface area contributed by atoms with Gasteiger partial charge in [0.1, 0.15) is 0 Å². The van der Waals surface area contributed by atoms with Gasteiger partial charge >= 0.3 is 0 Å². The standard InChI is InChI=1S/C7H16N8/c8-6(9)14-12-4-2-1-3-5-13-15-7(10)11/h4-5H,1-3H2,(H4,8,9,14)(H4,10,11,15)/b12-4+,13-5+. The number of hydrogen-bond donors (Lipinski definition) is 4. The molecule has 0 aromatic heterocycles. The predicted molar refractivity (Wildman–Crippen MR) is 62.5 cm³/mol. The van der Waals surface area contributed by atoms with Gasteiger partial charge in [0, 0.05) is 12.4 Å². The van der Waals surface area contributed by atoms with Crippen molar-refractivity contribution in [1.82, 2.24) is 0 Å². The predicted octanol–water partition coefficient (Wildman–Crippen LogP) is -1.32. The number of nitrogens with zero attached hydrogens (tertiary/aromatic N) is 4. The van der Waals surface area contributed by atoms with E-state index < -0.39 is 0 Å². The normalized spacial score (nSPS) is 10.7. The number of hydrogen-bond acceptors (Lipinski definition) is 4. The van der Waals surface area contributed by atoms with E-state index in [1.807, 2.05) is 0 Å². The molecule has 8 nitrogen and oxygen atoms in total. The Labute approximate surface area is 87.8 Å². The maximum atomic E-state index is 5.06. The van der Waals surface area contributed by atoms with Crippen LogP contribution in [0.5, 0.6) is 0 Å². The van der Waals surface area contributed by atoms with Crippen molar-refractivity contribution in [2.45, 2.75) is 19.3 Å². The first-order valence-corrected chi connectivity index (χ1v) is 4.33. The zero-order valence-corrected chi connectivity index (χ0v) is 8.37. The number of guanidine groups is 2. The first kappa shape index (κ1) is 12.9. The minimum Gasteiger partial charge on any atom is -0.369 e. The lowest BCUT2D eigenvalue weighted by atomic mass is 10.3. The second kappa shape index (κ2) is 8.48. The molecule has 0 radical (unpaired) electrons. The summed E-state index contributed by atoms with van der Waals surface area (Å²) >= 11 is 0. The van der Waals surface area contributed by atoms with E-state index in [0.717, 1.165) is 19.3 Å². The van der Waals surface area contributed by atoms with Crippen LogP contribution >= 0.6 is 0 Å². The largest absolute Gasteiger partial charge is 0.369 e. The maximum absolute atomic E-state index is 5.06. The van der Waals surface area contributed by atoms with Gasteiger partial charge in [0.05, 0.1) is 0 Å². The fourth-order valence-corrected chi connectivity index (χ4v) is 0.631. The number of nitrogens with two attached hydrogens (primary N) is 4. The summed E-state index contributed by atoms with van der Waals surface area (Å²) in [7, 11) is 0. The molecule has 0 aromatic carbocycles. The third-order valence-electron chi connectivity index (χ3n) is 1.18. The van der Waals surface area contributed by atoms with Crippen LogP contribution in [0.1, 0.15) is 19.3 Å². The smallest absolute Gasteiger partial charge is 0.211 e. The van der Waals surface area contributed by atoms with Crippen LogP contribution in [0.4, 0.5) is 0 Å². The molecule has 84 valence electrons. The third kappa shape index (κ3) is 11.9. The van der Waals surface area contributed by atoms with Crippen LogP contribution in [0.2, 0.25) is 0 Å². The van der Waals surface area contributed by atoms with Crippen LogP contribution in [0.15, 0.2) is 20.4 Å². The molecule has 0 fully saturated rings. The van der Waals surface area contributed by atoms with E-state index in [2.05, 4.69) is 20.4 Å². The lowest BCUT2D eigenvalue weighted by Gasteiger charge is -1.88. The Hall–Kier alpha value is -2.12. The van der Waals surface area contributed by atoms with Crippen molar-refractivity contribution in [2.24, 2.45) is 43.3 Å². The van der Waals surface area contributed by atoms with Crippen molar-refractivity contribution < 1.29 is 0 Å². The highest BCUT2D eigenvalue weighted by Gasteiger charge is 1.82. The molecular weight excluding hydrogens is 196 g/mol. The Kier molecular flexibility index (Phi) is 7.28. The highest BCUT2D eigenvalue weighted by Crippen LogP contribution is 1.90. The molecular formula is C7H16N8. The average Bonchev–Trinajstić information content (AvgIpc) is 2.14. The molecule has 0 aliphatic rings. The molecule has 0 saturated heterocycles. The molecule has 0 aliphatic carbocycles. The van der Waals surface area contributed by atoms with Crippen LogP contribution in [0.25, 0.3) is 0 Å². The first-order valence-electron chi connectivity index (χ1n) is 4.33. The molecule has 0 bridgehead atoms. The Morgan fingerprint density at radius 3 is 1.53 bits per heavy atom. The van der Waals surface area contributed by atoms with Crippen LogP contribution in [0.3, 0.4) is 0 Å². The summed E-state index contributed by atoms with van der Waals surface area (Å²) in [6.45, 7) is 0. The molecule has 0 rings (SSSR count). The van der Waals surface area contributed by atoms with Crippen LogP contribution in [0, 0.1) is 0 Å². The SMILES string of the molecule is NC(N)=N/N=C/CCC/C=N/N=C(N)N. The molecule has 0 saturated carbocycles. The van der Waals surface area contributed by atoms with Gasteiger partial charge in [-0.3, -0.25) is 0 Å². The van der Waals surface area contributed by atoms with E-state index in [-0.39, 0.29) is 11.9 Å². The van der Waals surface area contributed by atoms with Gasteiger partial charge in [-0.1, -0.05) is 0 Å². The molecule has 0 heterocycles. The average molecular weight is 212 g/mol. The molecule has 0 spiro atoms. The van der Waals surface area contributed by atoms with E-state index >= 15 is 0 Å². The van der Waals surface area contributed by atoms with Gasteiger partial charge in [-0.05, 0) is 19.3 Å². The molecule has 8 heteroatoms. The monoisotopic (exact) mass is 212 g/mol. The van der Waals surface area contributed by atoms with Gasteiger partial charge in [-0.15, -0.1) is 10.2 Å². The van der Waals surface area contributed by atoms with Gasteiger partial charge < -0.3 is 22.9 Å².